The SMILES string of the molecule is CC(c1cccc(C(=O)c2ccccc2)c1)S(=O)(=O)[O-].[Na+]. The van der Waals surface area contributed by atoms with E-state index in [9.17, 15) is 17.8 Å². The van der Waals surface area contributed by atoms with Crippen LogP contribution in [0.1, 0.15) is 33.7 Å². The minimum Gasteiger partial charge on any atom is -0.747 e. The summed E-state index contributed by atoms with van der Waals surface area (Å²) in [6.45, 7) is 1.31. The van der Waals surface area contributed by atoms with Gasteiger partial charge < -0.3 is 4.55 Å². The molecule has 1 unspecified atom stereocenters. The second-order valence-corrected chi connectivity index (χ2v) is 6.15. The number of benzene rings is 2. The van der Waals surface area contributed by atoms with Crippen LogP contribution in [0.25, 0.3) is 0 Å². The maximum Gasteiger partial charge on any atom is 1.00 e. The van der Waals surface area contributed by atoms with Gasteiger partial charge in [0.05, 0.1) is 5.25 Å². The molecule has 2 aromatic rings. The van der Waals surface area contributed by atoms with Gasteiger partial charge in [-0.15, -0.1) is 0 Å². The van der Waals surface area contributed by atoms with E-state index in [4.69, 9.17) is 0 Å². The summed E-state index contributed by atoms with van der Waals surface area (Å²) in [5, 5.41) is -1.17. The summed E-state index contributed by atoms with van der Waals surface area (Å²) in [5.41, 5.74) is 1.20. The van der Waals surface area contributed by atoms with Crippen molar-refractivity contribution in [3.8, 4) is 0 Å². The molecule has 0 spiro atoms. The first kappa shape index (κ1) is 18.1. The van der Waals surface area contributed by atoms with Crippen molar-refractivity contribution in [3.05, 3.63) is 71.3 Å². The van der Waals surface area contributed by atoms with E-state index in [0.717, 1.165) is 0 Å². The monoisotopic (exact) mass is 312 g/mol. The maximum absolute atomic E-state index is 12.2. The van der Waals surface area contributed by atoms with Crippen LogP contribution in [-0.4, -0.2) is 18.8 Å². The van der Waals surface area contributed by atoms with Crippen molar-refractivity contribution >= 4 is 15.9 Å². The fourth-order valence-corrected chi connectivity index (χ4v) is 2.34. The molecule has 0 amide bonds. The van der Waals surface area contributed by atoms with E-state index in [0.29, 0.717) is 16.7 Å². The van der Waals surface area contributed by atoms with Crippen LogP contribution in [0.5, 0.6) is 0 Å². The van der Waals surface area contributed by atoms with Crippen LogP contribution < -0.4 is 29.6 Å². The molecule has 21 heavy (non-hydrogen) atoms. The molecule has 0 saturated carbocycles. The molecule has 0 radical (unpaired) electrons. The minimum absolute atomic E-state index is 0. The first-order valence-corrected chi connectivity index (χ1v) is 7.51. The van der Waals surface area contributed by atoms with Crippen molar-refractivity contribution in [2.75, 3.05) is 0 Å². The van der Waals surface area contributed by atoms with E-state index in [1.807, 2.05) is 0 Å². The van der Waals surface area contributed by atoms with Crippen LogP contribution in [0.15, 0.2) is 54.6 Å². The smallest absolute Gasteiger partial charge is 0.747 e. The Morgan fingerprint density at radius 3 is 2.14 bits per heavy atom. The Balaban J connectivity index is 0.00000220. The Bertz CT molecular complexity index is 726. The second kappa shape index (κ2) is 7.33. The van der Waals surface area contributed by atoms with Crippen molar-refractivity contribution in [1.82, 2.24) is 0 Å². The van der Waals surface area contributed by atoms with Crippen molar-refractivity contribution in [2.24, 2.45) is 0 Å². The van der Waals surface area contributed by atoms with Crippen molar-refractivity contribution < 1.29 is 47.3 Å². The predicted octanol–water partition coefficient (Wildman–Crippen LogP) is -0.472. The van der Waals surface area contributed by atoms with Crippen molar-refractivity contribution in [1.29, 1.82) is 0 Å². The first-order valence-electron chi connectivity index (χ1n) is 6.04. The first-order chi connectivity index (χ1) is 9.39. The fraction of sp³-hybridized carbons (Fsp3) is 0.133. The summed E-state index contributed by atoms with van der Waals surface area (Å²) in [4.78, 5) is 12.2. The fourth-order valence-electron chi connectivity index (χ4n) is 1.86. The Labute approximate surface area is 146 Å². The number of carbonyl (C=O) groups excluding carboxylic acids is 1. The number of hydrogen-bond acceptors (Lipinski definition) is 4. The third-order valence-corrected chi connectivity index (χ3v) is 4.23. The average molecular weight is 312 g/mol. The van der Waals surface area contributed by atoms with Gasteiger partial charge in [0.25, 0.3) is 0 Å². The molecule has 0 aliphatic heterocycles. The molecule has 0 fully saturated rings. The minimum atomic E-state index is -4.42. The molecule has 4 nitrogen and oxygen atoms in total. The second-order valence-electron chi connectivity index (χ2n) is 4.46. The molecule has 0 heterocycles. The molecular weight excluding hydrogens is 299 g/mol. The number of hydrogen-bond donors (Lipinski definition) is 0. The third-order valence-electron chi connectivity index (χ3n) is 3.09. The molecule has 0 bridgehead atoms. The van der Waals surface area contributed by atoms with E-state index < -0.39 is 15.4 Å². The zero-order valence-electron chi connectivity index (χ0n) is 11.8. The summed E-state index contributed by atoms with van der Waals surface area (Å²) >= 11 is 0. The Hall–Kier alpha value is -0.980. The van der Waals surface area contributed by atoms with E-state index in [1.165, 1.54) is 19.1 Å². The summed E-state index contributed by atoms with van der Waals surface area (Å²) in [5.74, 6) is -0.206. The predicted molar refractivity (Wildman–Crippen MR) is 74.4 cm³/mol. The molecule has 0 N–H and O–H groups in total. The zero-order chi connectivity index (χ0) is 14.8. The molecule has 2 aromatic carbocycles. The topological polar surface area (TPSA) is 74.3 Å². The van der Waals surface area contributed by atoms with Gasteiger partial charge in [0.2, 0.25) is 0 Å². The van der Waals surface area contributed by atoms with Gasteiger partial charge in [-0.2, -0.15) is 0 Å². The van der Waals surface area contributed by atoms with E-state index in [1.54, 1.807) is 42.5 Å². The van der Waals surface area contributed by atoms with Crippen LogP contribution >= 0.6 is 0 Å². The summed E-state index contributed by atoms with van der Waals surface area (Å²) in [7, 11) is -4.42. The Morgan fingerprint density at radius 2 is 1.57 bits per heavy atom. The standard InChI is InChI=1S/C15H14O4S.Na/c1-11(20(17,18)19)13-8-5-9-14(10-13)15(16)12-6-3-2-4-7-12;/h2-11H,1H3,(H,17,18,19);/q;+1/p-1. The van der Waals surface area contributed by atoms with Gasteiger partial charge in [-0.3, -0.25) is 4.79 Å². The van der Waals surface area contributed by atoms with Crippen LogP contribution in [-0.2, 0) is 10.1 Å². The summed E-state index contributed by atoms with van der Waals surface area (Å²) in [6.07, 6.45) is 0. The molecule has 0 aromatic heterocycles. The summed E-state index contributed by atoms with van der Waals surface area (Å²) < 4.78 is 33.1. The normalized spacial score (nSPS) is 12.3. The molecule has 0 aliphatic rings. The van der Waals surface area contributed by atoms with E-state index in [-0.39, 0.29) is 35.3 Å². The number of rotatable bonds is 4. The van der Waals surface area contributed by atoms with E-state index >= 15 is 0 Å². The van der Waals surface area contributed by atoms with Gasteiger partial charge in [0, 0.05) is 11.1 Å². The average Bonchev–Trinajstić information content (AvgIpc) is 2.46. The largest absolute Gasteiger partial charge is 1.00 e. The van der Waals surface area contributed by atoms with Gasteiger partial charge in [-0.25, -0.2) is 8.42 Å². The molecule has 6 heteroatoms. The van der Waals surface area contributed by atoms with Crippen molar-refractivity contribution in [2.45, 2.75) is 12.2 Å². The molecule has 0 saturated heterocycles. The molecule has 104 valence electrons. The van der Waals surface area contributed by atoms with Gasteiger partial charge >= 0.3 is 29.6 Å². The van der Waals surface area contributed by atoms with E-state index in [2.05, 4.69) is 0 Å². The maximum atomic E-state index is 12.2. The van der Waals surface area contributed by atoms with Crippen LogP contribution in [0, 0.1) is 0 Å². The number of carbonyl (C=O) groups is 1. The quantitative estimate of drug-likeness (QED) is 0.434. The molecular formula is C15H13NaO4S. The van der Waals surface area contributed by atoms with Gasteiger partial charge in [-0.05, 0) is 18.6 Å². The van der Waals surface area contributed by atoms with Crippen molar-refractivity contribution in [3.63, 3.8) is 0 Å². The molecule has 2 rings (SSSR count). The van der Waals surface area contributed by atoms with Gasteiger partial charge in [0.1, 0.15) is 10.1 Å². The Morgan fingerprint density at radius 1 is 1.00 bits per heavy atom. The van der Waals surface area contributed by atoms with Gasteiger partial charge in [0.15, 0.2) is 5.78 Å². The van der Waals surface area contributed by atoms with Crippen LogP contribution in [0.3, 0.4) is 0 Å². The molecule has 1 atom stereocenters. The third kappa shape index (κ3) is 4.49. The molecule has 0 aliphatic carbocycles. The van der Waals surface area contributed by atoms with Crippen LogP contribution in [0.4, 0.5) is 0 Å². The summed E-state index contributed by atoms with van der Waals surface area (Å²) in [6, 6.07) is 14.8. The number of ketones is 1. The van der Waals surface area contributed by atoms with Gasteiger partial charge in [-0.1, -0.05) is 48.5 Å². The Kier molecular flexibility index (Phi) is 6.31. The van der Waals surface area contributed by atoms with Crippen LogP contribution in [0.2, 0.25) is 0 Å². The zero-order valence-corrected chi connectivity index (χ0v) is 14.6.